The Morgan fingerprint density at radius 3 is 2.67 bits per heavy atom. The minimum absolute atomic E-state index is 0.173. The van der Waals surface area contributed by atoms with E-state index in [2.05, 4.69) is 5.32 Å². The molecule has 0 aliphatic rings. The van der Waals surface area contributed by atoms with Gasteiger partial charge in [-0.1, -0.05) is 12.1 Å². The minimum atomic E-state index is -0.173. The molecule has 1 amide bonds. The maximum absolute atomic E-state index is 11.1. The summed E-state index contributed by atoms with van der Waals surface area (Å²) in [6, 6.07) is 6.58. The average Bonchev–Trinajstić information content (AvgIpc) is 2.25. The van der Waals surface area contributed by atoms with Crippen molar-refractivity contribution in [2.24, 2.45) is 5.73 Å². The van der Waals surface area contributed by atoms with Crippen LogP contribution in [0.2, 0.25) is 0 Å². The number of carbonyl (C=O) groups is 1. The molecular weight excluding hydrogens is 192 g/mol. The SMILES string of the molecule is NCCNC(=O)/C=C/c1ccc(O)cc1. The third kappa shape index (κ3) is 4.28. The van der Waals surface area contributed by atoms with Crippen molar-refractivity contribution in [2.45, 2.75) is 0 Å². The summed E-state index contributed by atoms with van der Waals surface area (Å²) in [7, 11) is 0. The number of phenols is 1. The van der Waals surface area contributed by atoms with E-state index in [0.29, 0.717) is 13.1 Å². The van der Waals surface area contributed by atoms with Gasteiger partial charge in [-0.25, -0.2) is 0 Å². The molecule has 1 rings (SSSR count). The van der Waals surface area contributed by atoms with Crippen molar-refractivity contribution in [3.05, 3.63) is 35.9 Å². The monoisotopic (exact) mass is 206 g/mol. The summed E-state index contributed by atoms with van der Waals surface area (Å²) in [6.07, 6.45) is 3.10. The first-order valence-electron chi connectivity index (χ1n) is 4.67. The Balaban J connectivity index is 2.50. The molecule has 0 spiro atoms. The van der Waals surface area contributed by atoms with Crippen LogP contribution in [-0.4, -0.2) is 24.1 Å². The lowest BCUT2D eigenvalue weighted by Gasteiger charge is -1.97. The van der Waals surface area contributed by atoms with Gasteiger partial charge in [-0.3, -0.25) is 4.79 Å². The lowest BCUT2D eigenvalue weighted by atomic mass is 10.2. The molecular formula is C11H14N2O2. The topological polar surface area (TPSA) is 75.3 Å². The van der Waals surface area contributed by atoms with Gasteiger partial charge in [-0.15, -0.1) is 0 Å². The first kappa shape index (κ1) is 11.3. The average molecular weight is 206 g/mol. The molecule has 0 aliphatic heterocycles. The summed E-state index contributed by atoms with van der Waals surface area (Å²) in [4.78, 5) is 11.1. The summed E-state index contributed by atoms with van der Waals surface area (Å²) in [5, 5.41) is 11.6. The van der Waals surface area contributed by atoms with Crippen molar-refractivity contribution in [2.75, 3.05) is 13.1 Å². The molecule has 0 aliphatic carbocycles. The van der Waals surface area contributed by atoms with Gasteiger partial charge in [0.1, 0.15) is 5.75 Å². The minimum Gasteiger partial charge on any atom is -0.508 e. The zero-order valence-electron chi connectivity index (χ0n) is 8.31. The molecule has 4 heteroatoms. The first-order valence-corrected chi connectivity index (χ1v) is 4.67. The number of hydrogen-bond acceptors (Lipinski definition) is 3. The van der Waals surface area contributed by atoms with Crippen LogP contribution in [0.3, 0.4) is 0 Å². The number of aromatic hydroxyl groups is 1. The van der Waals surface area contributed by atoms with E-state index in [9.17, 15) is 4.79 Å². The number of nitrogens with two attached hydrogens (primary N) is 1. The van der Waals surface area contributed by atoms with E-state index in [0.717, 1.165) is 5.56 Å². The molecule has 0 saturated carbocycles. The number of benzene rings is 1. The lowest BCUT2D eigenvalue weighted by Crippen LogP contribution is -2.27. The Morgan fingerprint density at radius 1 is 1.40 bits per heavy atom. The van der Waals surface area contributed by atoms with Crippen LogP contribution in [0.5, 0.6) is 5.75 Å². The molecule has 4 N–H and O–H groups in total. The van der Waals surface area contributed by atoms with E-state index in [4.69, 9.17) is 10.8 Å². The fraction of sp³-hybridized carbons (Fsp3) is 0.182. The number of nitrogens with one attached hydrogen (secondary N) is 1. The zero-order valence-corrected chi connectivity index (χ0v) is 8.31. The first-order chi connectivity index (χ1) is 7.22. The third-order valence-corrected chi connectivity index (χ3v) is 1.76. The van der Waals surface area contributed by atoms with Crippen LogP contribution in [0.25, 0.3) is 6.08 Å². The van der Waals surface area contributed by atoms with Crippen LogP contribution in [-0.2, 0) is 4.79 Å². The molecule has 15 heavy (non-hydrogen) atoms. The quantitative estimate of drug-likeness (QED) is 0.627. The molecule has 80 valence electrons. The molecule has 0 bridgehead atoms. The maximum atomic E-state index is 11.1. The van der Waals surface area contributed by atoms with Gasteiger partial charge in [0.15, 0.2) is 0 Å². The highest BCUT2D eigenvalue weighted by atomic mass is 16.3. The number of rotatable bonds is 4. The van der Waals surface area contributed by atoms with Gasteiger partial charge in [-0.05, 0) is 23.8 Å². The highest BCUT2D eigenvalue weighted by molar-refractivity contribution is 5.91. The Hall–Kier alpha value is -1.81. The molecule has 0 radical (unpaired) electrons. The van der Waals surface area contributed by atoms with E-state index in [1.165, 1.54) is 6.08 Å². The third-order valence-electron chi connectivity index (χ3n) is 1.76. The van der Waals surface area contributed by atoms with Crippen LogP contribution in [0.4, 0.5) is 0 Å². The fourth-order valence-electron chi connectivity index (χ4n) is 1.01. The van der Waals surface area contributed by atoms with Gasteiger partial charge in [0.05, 0.1) is 0 Å². The smallest absolute Gasteiger partial charge is 0.244 e. The van der Waals surface area contributed by atoms with Crippen LogP contribution in [0.15, 0.2) is 30.3 Å². The Morgan fingerprint density at radius 2 is 2.07 bits per heavy atom. The summed E-state index contributed by atoms with van der Waals surface area (Å²) in [5.41, 5.74) is 6.09. The predicted octanol–water partition coefficient (Wildman–Crippen LogP) is 0.480. The van der Waals surface area contributed by atoms with Crippen molar-refractivity contribution in [1.82, 2.24) is 5.32 Å². The standard InChI is InChI=1S/C11H14N2O2/c12-7-8-13-11(15)6-3-9-1-4-10(14)5-2-9/h1-6,14H,7-8,12H2,(H,13,15)/b6-3+. The molecule has 0 heterocycles. The number of hydrogen-bond donors (Lipinski definition) is 3. The summed E-state index contributed by atoms with van der Waals surface area (Å²) >= 11 is 0. The molecule has 4 nitrogen and oxygen atoms in total. The van der Waals surface area contributed by atoms with Gasteiger partial charge < -0.3 is 16.2 Å². The second kappa shape index (κ2) is 5.82. The number of carbonyl (C=O) groups excluding carboxylic acids is 1. The molecule has 0 fully saturated rings. The van der Waals surface area contributed by atoms with E-state index in [-0.39, 0.29) is 11.7 Å². The molecule has 0 saturated heterocycles. The second-order valence-corrected chi connectivity index (χ2v) is 3.00. The summed E-state index contributed by atoms with van der Waals surface area (Å²) < 4.78 is 0. The lowest BCUT2D eigenvalue weighted by molar-refractivity contribution is -0.116. The molecule has 0 unspecified atom stereocenters. The van der Waals surface area contributed by atoms with E-state index >= 15 is 0 Å². The van der Waals surface area contributed by atoms with Crippen molar-refractivity contribution in [3.8, 4) is 5.75 Å². The molecule has 0 aromatic heterocycles. The van der Waals surface area contributed by atoms with Crippen molar-refractivity contribution < 1.29 is 9.90 Å². The Kier molecular flexibility index (Phi) is 4.37. The van der Waals surface area contributed by atoms with Crippen molar-refractivity contribution >= 4 is 12.0 Å². The fourth-order valence-corrected chi connectivity index (χ4v) is 1.01. The predicted molar refractivity (Wildman–Crippen MR) is 59.2 cm³/mol. The van der Waals surface area contributed by atoms with E-state index in [1.54, 1.807) is 30.3 Å². The van der Waals surface area contributed by atoms with Gasteiger partial charge in [-0.2, -0.15) is 0 Å². The highest BCUT2D eigenvalue weighted by Crippen LogP contribution is 2.10. The van der Waals surface area contributed by atoms with E-state index in [1.807, 2.05) is 0 Å². The normalized spacial score (nSPS) is 10.5. The van der Waals surface area contributed by atoms with Gasteiger partial charge in [0.25, 0.3) is 0 Å². The Labute approximate surface area is 88.4 Å². The van der Waals surface area contributed by atoms with Gasteiger partial charge in [0, 0.05) is 19.2 Å². The van der Waals surface area contributed by atoms with Crippen molar-refractivity contribution in [3.63, 3.8) is 0 Å². The number of amides is 1. The largest absolute Gasteiger partial charge is 0.508 e. The van der Waals surface area contributed by atoms with Crippen LogP contribution < -0.4 is 11.1 Å². The summed E-state index contributed by atoms with van der Waals surface area (Å²) in [6.45, 7) is 0.900. The highest BCUT2D eigenvalue weighted by Gasteiger charge is 1.93. The number of phenolic OH excluding ortho intramolecular Hbond substituents is 1. The van der Waals surface area contributed by atoms with Crippen LogP contribution in [0, 0.1) is 0 Å². The maximum Gasteiger partial charge on any atom is 0.244 e. The molecule has 1 aromatic carbocycles. The Bertz CT molecular complexity index is 344. The molecule has 1 aromatic rings. The van der Waals surface area contributed by atoms with Gasteiger partial charge >= 0.3 is 0 Å². The van der Waals surface area contributed by atoms with Gasteiger partial charge in [0.2, 0.25) is 5.91 Å². The van der Waals surface area contributed by atoms with E-state index < -0.39 is 0 Å². The molecule has 0 atom stereocenters. The second-order valence-electron chi connectivity index (χ2n) is 3.00. The summed E-state index contributed by atoms with van der Waals surface area (Å²) in [5.74, 6) is 0.0354. The zero-order chi connectivity index (χ0) is 11.1. The van der Waals surface area contributed by atoms with Crippen LogP contribution in [0.1, 0.15) is 5.56 Å². The van der Waals surface area contributed by atoms with Crippen LogP contribution >= 0.6 is 0 Å². The van der Waals surface area contributed by atoms with Crippen molar-refractivity contribution in [1.29, 1.82) is 0 Å².